The number of rotatable bonds is 7. The Morgan fingerprint density at radius 1 is 1.32 bits per heavy atom. The molecule has 1 N–H and O–H groups in total. The van der Waals surface area contributed by atoms with E-state index in [1.807, 2.05) is 19.1 Å². The number of nitrogens with zero attached hydrogens (tertiary/aromatic N) is 2. The SMILES string of the molecule is CCCNC(C)(C#N)CN(CC)c1ccccc1C. The summed E-state index contributed by atoms with van der Waals surface area (Å²) in [5, 5.41) is 12.8. The molecule has 3 nitrogen and oxygen atoms in total. The first-order valence-corrected chi connectivity index (χ1v) is 7.03. The second kappa shape index (κ2) is 7.16. The second-order valence-corrected chi connectivity index (χ2v) is 5.17. The van der Waals surface area contributed by atoms with E-state index >= 15 is 0 Å². The molecule has 0 aliphatic carbocycles. The van der Waals surface area contributed by atoms with E-state index in [-0.39, 0.29) is 0 Å². The zero-order valence-corrected chi connectivity index (χ0v) is 12.5. The van der Waals surface area contributed by atoms with Crippen molar-refractivity contribution in [3.05, 3.63) is 29.8 Å². The molecule has 104 valence electrons. The Morgan fingerprint density at radius 2 is 2.00 bits per heavy atom. The van der Waals surface area contributed by atoms with Crippen LogP contribution in [0.25, 0.3) is 0 Å². The molecule has 1 aromatic rings. The molecule has 0 heterocycles. The average Bonchev–Trinajstić information content (AvgIpc) is 2.43. The van der Waals surface area contributed by atoms with Crippen LogP contribution >= 0.6 is 0 Å². The Hall–Kier alpha value is -1.53. The molecule has 0 bridgehead atoms. The normalized spacial score (nSPS) is 13.6. The van der Waals surface area contributed by atoms with Gasteiger partial charge in [-0.3, -0.25) is 5.32 Å². The van der Waals surface area contributed by atoms with Crippen molar-refractivity contribution in [2.45, 2.75) is 39.7 Å². The van der Waals surface area contributed by atoms with Gasteiger partial charge in [0.1, 0.15) is 5.54 Å². The van der Waals surface area contributed by atoms with E-state index in [2.05, 4.69) is 49.2 Å². The zero-order valence-electron chi connectivity index (χ0n) is 12.5. The fraction of sp³-hybridized carbons (Fsp3) is 0.562. The molecule has 0 radical (unpaired) electrons. The summed E-state index contributed by atoms with van der Waals surface area (Å²) in [7, 11) is 0. The van der Waals surface area contributed by atoms with Crippen LogP contribution in [-0.4, -0.2) is 25.2 Å². The van der Waals surface area contributed by atoms with E-state index in [1.54, 1.807) is 0 Å². The van der Waals surface area contributed by atoms with Gasteiger partial charge in [-0.25, -0.2) is 0 Å². The van der Waals surface area contributed by atoms with Gasteiger partial charge in [-0.2, -0.15) is 5.26 Å². The maximum absolute atomic E-state index is 9.43. The number of anilines is 1. The number of hydrogen-bond donors (Lipinski definition) is 1. The predicted octanol–water partition coefficient (Wildman–Crippen LogP) is 3.10. The zero-order chi connectivity index (χ0) is 14.3. The van der Waals surface area contributed by atoms with Gasteiger partial charge in [-0.05, 0) is 45.4 Å². The smallest absolute Gasteiger partial charge is 0.121 e. The molecule has 0 spiro atoms. The van der Waals surface area contributed by atoms with Crippen LogP contribution in [-0.2, 0) is 0 Å². The highest BCUT2D eigenvalue weighted by Crippen LogP contribution is 2.21. The van der Waals surface area contributed by atoms with E-state index in [4.69, 9.17) is 0 Å². The van der Waals surface area contributed by atoms with Crippen LogP contribution < -0.4 is 10.2 Å². The van der Waals surface area contributed by atoms with Crippen molar-refractivity contribution in [1.82, 2.24) is 5.32 Å². The third kappa shape index (κ3) is 4.25. The summed E-state index contributed by atoms with van der Waals surface area (Å²) in [6, 6.07) is 10.7. The van der Waals surface area contributed by atoms with Crippen LogP contribution in [0.4, 0.5) is 5.69 Å². The van der Waals surface area contributed by atoms with Crippen molar-refractivity contribution in [3.8, 4) is 6.07 Å². The molecule has 3 heteroatoms. The summed E-state index contributed by atoms with van der Waals surface area (Å²) in [5.74, 6) is 0. The minimum absolute atomic E-state index is 0.506. The fourth-order valence-electron chi connectivity index (χ4n) is 2.20. The van der Waals surface area contributed by atoms with E-state index in [1.165, 1.54) is 11.3 Å². The molecule has 1 unspecified atom stereocenters. The molecule has 1 aromatic carbocycles. The summed E-state index contributed by atoms with van der Waals surface area (Å²) in [6.07, 6.45) is 1.04. The summed E-state index contributed by atoms with van der Waals surface area (Å²) in [6.45, 7) is 10.8. The monoisotopic (exact) mass is 259 g/mol. The van der Waals surface area contributed by atoms with Gasteiger partial charge in [0.15, 0.2) is 0 Å². The minimum atomic E-state index is -0.506. The van der Waals surface area contributed by atoms with Gasteiger partial charge in [0.2, 0.25) is 0 Å². The molecule has 1 rings (SSSR count). The lowest BCUT2D eigenvalue weighted by atomic mass is 10.0. The summed E-state index contributed by atoms with van der Waals surface area (Å²) < 4.78 is 0. The standard InChI is InChI=1S/C16H25N3/c1-5-11-18-16(4,12-17)13-19(6-2)15-10-8-7-9-14(15)3/h7-10,18H,5-6,11,13H2,1-4H3. The first kappa shape index (κ1) is 15.5. The Kier molecular flexibility index (Phi) is 5.85. The predicted molar refractivity (Wildman–Crippen MR) is 81.4 cm³/mol. The molecule has 19 heavy (non-hydrogen) atoms. The van der Waals surface area contributed by atoms with Gasteiger partial charge in [0.05, 0.1) is 6.07 Å². The number of likely N-dealkylation sites (N-methyl/N-ethyl adjacent to an activating group) is 1. The van der Waals surface area contributed by atoms with Gasteiger partial charge >= 0.3 is 0 Å². The molecule has 0 aliphatic heterocycles. The summed E-state index contributed by atoms with van der Waals surface area (Å²) >= 11 is 0. The van der Waals surface area contributed by atoms with Gasteiger partial charge in [-0.1, -0.05) is 25.1 Å². The summed E-state index contributed by atoms with van der Waals surface area (Å²) in [5.41, 5.74) is 1.96. The van der Waals surface area contributed by atoms with E-state index in [0.717, 1.165) is 19.5 Å². The van der Waals surface area contributed by atoms with E-state index < -0.39 is 5.54 Å². The highest BCUT2D eigenvalue weighted by Gasteiger charge is 2.26. The van der Waals surface area contributed by atoms with Crippen LogP contribution in [0.1, 0.15) is 32.8 Å². The van der Waals surface area contributed by atoms with Gasteiger partial charge < -0.3 is 4.90 Å². The molecule has 1 atom stereocenters. The summed E-state index contributed by atoms with van der Waals surface area (Å²) in [4.78, 5) is 2.27. The number of hydrogen-bond acceptors (Lipinski definition) is 3. The van der Waals surface area contributed by atoms with E-state index in [9.17, 15) is 5.26 Å². The molecule has 0 aliphatic rings. The number of nitrogens with one attached hydrogen (secondary N) is 1. The molecule has 0 saturated heterocycles. The number of para-hydroxylation sites is 1. The number of aryl methyl sites for hydroxylation is 1. The number of benzene rings is 1. The Balaban J connectivity index is 2.87. The second-order valence-electron chi connectivity index (χ2n) is 5.17. The Morgan fingerprint density at radius 3 is 2.53 bits per heavy atom. The van der Waals surface area contributed by atoms with E-state index in [0.29, 0.717) is 6.54 Å². The quantitative estimate of drug-likeness (QED) is 0.818. The topological polar surface area (TPSA) is 39.1 Å². The Labute approximate surface area is 117 Å². The van der Waals surface area contributed by atoms with Crippen molar-refractivity contribution in [2.24, 2.45) is 0 Å². The van der Waals surface area contributed by atoms with Crippen LogP contribution in [0.2, 0.25) is 0 Å². The molecule has 0 fully saturated rings. The van der Waals surface area contributed by atoms with Crippen LogP contribution in [0.15, 0.2) is 24.3 Å². The minimum Gasteiger partial charge on any atom is -0.369 e. The van der Waals surface area contributed by atoms with Crippen molar-refractivity contribution in [3.63, 3.8) is 0 Å². The molecule has 0 saturated carbocycles. The maximum Gasteiger partial charge on any atom is 0.121 e. The lowest BCUT2D eigenvalue weighted by molar-refractivity contribution is 0.444. The third-order valence-electron chi connectivity index (χ3n) is 3.36. The fourth-order valence-corrected chi connectivity index (χ4v) is 2.20. The lowest BCUT2D eigenvalue weighted by Gasteiger charge is -2.33. The number of nitriles is 1. The highest BCUT2D eigenvalue weighted by atomic mass is 15.2. The van der Waals surface area contributed by atoms with Crippen LogP contribution in [0.3, 0.4) is 0 Å². The van der Waals surface area contributed by atoms with Crippen LogP contribution in [0.5, 0.6) is 0 Å². The Bertz CT molecular complexity index is 436. The van der Waals surface area contributed by atoms with Gasteiger partial charge in [0, 0.05) is 18.8 Å². The third-order valence-corrected chi connectivity index (χ3v) is 3.36. The lowest BCUT2D eigenvalue weighted by Crippen LogP contribution is -2.51. The first-order valence-electron chi connectivity index (χ1n) is 7.03. The first-order chi connectivity index (χ1) is 9.06. The van der Waals surface area contributed by atoms with Crippen molar-refractivity contribution in [1.29, 1.82) is 5.26 Å². The van der Waals surface area contributed by atoms with Crippen LogP contribution in [0, 0.1) is 18.3 Å². The maximum atomic E-state index is 9.43. The van der Waals surface area contributed by atoms with Crippen molar-refractivity contribution in [2.75, 3.05) is 24.5 Å². The van der Waals surface area contributed by atoms with Gasteiger partial charge in [-0.15, -0.1) is 0 Å². The van der Waals surface area contributed by atoms with Crippen molar-refractivity contribution < 1.29 is 0 Å². The highest BCUT2D eigenvalue weighted by molar-refractivity contribution is 5.53. The molecule has 0 aromatic heterocycles. The average molecular weight is 259 g/mol. The molecule has 0 amide bonds. The molecular formula is C16H25N3. The van der Waals surface area contributed by atoms with Gasteiger partial charge in [0.25, 0.3) is 0 Å². The van der Waals surface area contributed by atoms with Crippen molar-refractivity contribution >= 4 is 5.69 Å². The molecular weight excluding hydrogens is 234 g/mol. The largest absolute Gasteiger partial charge is 0.369 e.